The van der Waals surface area contributed by atoms with Crippen LogP contribution in [0.1, 0.15) is 50.6 Å². The van der Waals surface area contributed by atoms with Crippen molar-refractivity contribution in [3.05, 3.63) is 17.0 Å². The van der Waals surface area contributed by atoms with E-state index in [4.69, 9.17) is 9.97 Å². The summed E-state index contributed by atoms with van der Waals surface area (Å²) in [6.45, 7) is 12.9. The fourth-order valence-corrected chi connectivity index (χ4v) is 3.27. The molecule has 1 aromatic rings. The minimum absolute atomic E-state index is 0.0445. The maximum atomic E-state index is 11.1. The van der Waals surface area contributed by atoms with Crippen molar-refractivity contribution in [2.24, 2.45) is 11.8 Å². The number of amides is 1. The average molecular weight is 318 g/mol. The zero-order chi connectivity index (χ0) is 17.0. The Hall–Kier alpha value is -1.65. The molecule has 0 spiro atoms. The molecular formula is C18H30N4O. The van der Waals surface area contributed by atoms with Gasteiger partial charge in [0, 0.05) is 37.9 Å². The molecule has 1 aliphatic rings. The average Bonchev–Trinajstić information content (AvgIpc) is 2.48. The zero-order valence-corrected chi connectivity index (χ0v) is 15.1. The van der Waals surface area contributed by atoms with Gasteiger partial charge >= 0.3 is 0 Å². The molecule has 23 heavy (non-hydrogen) atoms. The maximum Gasteiger partial charge on any atom is 0.225 e. The van der Waals surface area contributed by atoms with Crippen molar-refractivity contribution in [1.82, 2.24) is 15.3 Å². The second kappa shape index (κ2) is 7.75. The molecule has 1 N–H and O–H groups in total. The van der Waals surface area contributed by atoms with E-state index in [2.05, 4.69) is 37.9 Å². The number of nitrogens with one attached hydrogen (secondary N) is 1. The van der Waals surface area contributed by atoms with Crippen LogP contribution in [0.3, 0.4) is 0 Å². The molecule has 1 atom stereocenters. The van der Waals surface area contributed by atoms with Crippen molar-refractivity contribution in [2.45, 2.75) is 53.9 Å². The normalized spacial score (nSPS) is 18.3. The lowest BCUT2D eigenvalue weighted by atomic mass is 9.98. The minimum atomic E-state index is 0.0445. The Morgan fingerprint density at radius 1 is 1.30 bits per heavy atom. The Balaban J connectivity index is 2.10. The van der Waals surface area contributed by atoms with Gasteiger partial charge in [0.1, 0.15) is 0 Å². The Labute approximate surface area is 139 Å². The van der Waals surface area contributed by atoms with Crippen LogP contribution in [0.15, 0.2) is 0 Å². The fourth-order valence-electron chi connectivity index (χ4n) is 3.27. The summed E-state index contributed by atoms with van der Waals surface area (Å²) in [5.74, 6) is 1.98. The van der Waals surface area contributed by atoms with Gasteiger partial charge in [0.15, 0.2) is 0 Å². The van der Waals surface area contributed by atoms with Gasteiger partial charge in [-0.05, 0) is 50.5 Å². The van der Waals surface area contributed by atoms with Crippen LogP contribution < -0.4 is 10.2 Å². The minimum Gasteiger partial charge on any atom is -0.356 e. The molecule has 2 rings (SSSR count). The summed E-state index contributed by atoms with van der Waals surface area (Å²) in [6.07, 6.45) is 3.31. The maximum absolute atomic E-state index is 11.1. The van der Waals surface area contributed by atoms with Crippen LogP contribution in [0.5, 0.6) is 0 Å². The Morgan fingerprint density at radius 2 is 1.96 bits per heavy atom. The summed E-state index contributed by atoms with van der Waals surface area (Å²) in [6, 6.07) is 0. The molecule has 0 unspecified atom stereocenters. The lowest BCUT2D eigenvalue weighted by Gasteiger charge is -2.33. The van der Waals surface area contributed by atoms with Gasteiger partial charge in [-0.15, -0.1) is 0 Å². The number of hydrogen-bond acceptors (Lipinski definition) is 4. The molecule has 0 aromatic carbocycles. The van der Waals surface area contributed by atoms with E-state index in [1.807, 2.05) is 0 Å². The summed E-state index contributed by atoms with van der Waals surface area (Å²) < 4.78 is 0. The molecule has 2 heterocycles. The van der Waals surface area contributed by atoms with Gasteiger partial charge in [0.05, 0.1) is 0 Å². The zero-order valence-electron chi connectivity index (χ0n) is 15.1. The molecule has 5 heteroatoms. The van der Waals surface area contributed by atoms with Gasteiger partial charge < -0.3 is 10.2 Å². The summed E-state index contributed by atoms with van der Waals surface area (Å²) in [5, 5.41) is 2.93. The first-order valence-electron chi connectivity index (χ1n) is 8.70. The molecule has 5 nitrogen and oxygen atoms in total. The number of carbonyl (C=O) groups excluding carboxylic acids is 1. The third-order valence-corrected chi connectivity index (χ3v) is 4.46. The monoisotopic (exact) mass is 318 g/mol. The summed E-state index contributed by atoms with van der Waals surface area (Å²) in [5.41, 5.74) is 3.49. The third-order valence-electron chi connectivity index (χ3n) is 4.46. The van der Waals surface area contributed by atoms with E-state index in [0.29, 0.717) is 11.8 Å². The molecule has 1 aromatic heterocycles. The van der Waals surface area contributed by atoms with Crippen molar-refractivity contribution in [3.8, 4) is 0 Å². The standard InChI is InChI=1S/C18H30N4O/c1-12(2)9-17-13(3)20-18(21-14(17)4)22-8-6-7-16(11-22)10-19-15(5)23/h12,16H,6-11H2,1-5H3,(H,19,23)/t16-/m0/s1. The predicted molar refractivity (Wildman–Crippen MR) is 93.7 cm³/mol. The number of hydrogen-bond donors (Lipinski definition) is 1. The van der Waals surface area contributed by atoms with Crippen molar-refractivity contribution >= 4 is 11.9 Å². The molecule has 1 amide bonds. The van der Waals surface area contributed by atoms with Crippen LogP contribution in [0, 0.1) is 25.7 Å². The number of rotatable bonds is 5. The van der Waals surface area contributed by atoms with Gasteiger partial charge in [0.2, 0.25) is 11.9 Å². The largest absolute Gasteiger partial charge is 0.356 e. The second-order valence-electron chi connectivity index (χ2n) is 7.16. The molecule has 0 radical (unpaired) electrons. The van der Waals surface area contributed by atoms with E-state index in [1.165, 1.54) is 5.56 Å². The highest BCUT2D eigenvalue weighted by molar-refractivity contribution is 5.72. The SMILES string of the molecule is CC(=O)NC[C@@H]1CCCN(c2nc(C)c(CC(C)C)c(C)n2)C1. The quantitative estimate of drug-likeness (QED) is 0.907. The lowest BCUT2D eigenvalue weighted by Crippen LogP contribution is -2.41. The highest BCUT2D eigenvalue weighted by Gasteiger charge is 2.23. The number of piperidine rings is 1. The lowest BCUT2D eigenvalue weighted by molar-refractivity contribution is -0.119. The van der Waals surface area contributed by atoms with E-state index in [0.717, 1.165) is 56.2 Å². The fraction of sp³-hybridized carbons (Fsp3) is 0.722. The van der Waals surface area contributed by atoms with Gasteiger partial charge in [-0.3, -0.25) is 4.79 Å². The van der Waals surface area contributed by atoms with Crippen molar-refractivity contribution < 1.29 is 4.79 Å². The molecule has 0 aliphatic carbocycles. The second-order valence-corrected chi connectivity index (χ2v) is 7.16. The van der Waals surface area contributed by atoms with Crippen LogP contribution in [-0.4, -0.2) is 35.5 Å². The Bertz CT molecular complexity index is 533. The first kappa shape index (κ1) is 17.7. The van der Waals surface area contributed by atoms with Crippen LogP contribution >= 0.6 is 0 Å². The predicted octanol–water partition coefficient (Wildman–Crippen LogP) is 2.64. The van der Waals surface area contributed by atoms with E-state index < -0.39 is 0 Å². The van der Waals surface area contributed by atoms with Crippen molar-refractivity contribution in [3.63, 3.8) is 0 Å². The van der Waals surface area contributed by atoms with Gasteiger partial charge in [-0.25, -0.2) is 9.97 Å². The van der Waals surface area contributed by atoms with Crippen LogP contribution in [0.4, 0.5) is 5.95 Å². The summed E-state index contributed by atoms with van der Waals surface area (Å²) in [4.78, 5) is 22.9. The number of aromatic nitrogens is 2. The van der Waals surface area contributed by atoms with Gasteiger partial charge in [-0.1, -0.05) is 13.8 Å². The van der Waals surface area contributed by atoms with Crippen molar-refractivity contribution in [1.29, 1.82) is 0 Å². The van der Waals surface area contributed by atoms with E-state index in [-0.39, 0.29) is 5.91 Å². The third kappa shape index (κ3) is 4.91. The molecule has 0 bridgehead atoms. The van der Waals surface area contributed by atoms with Crippen LogP contribution in [-0.2, 0) is 11.2 Å². The number of aryl methyl sites for hydroxylation is 2. The van der Waals surface area contributed by atoms with E-state index in [1.54, 1.807) is 6.92 Å². The Kier molecular flexibility index (Phi) is 5.97. The molecule has 128 valence electrons. The topological polar surface area (TPSA) is 58.1 Å². The molecule has 1 aliphatic heterocycles. The number of carbonyl (C=O) groups is 1. The molecule has 1 fully saturated rings. The number of nitrogens with zero attached hydrogens (tertiary/aromatic N) is 3. The van der Waals surface area contributed by atoms with E-state index >= 15 is 0 Å². The molecule has 0 saturated carbocycles. The highest BCUT2D eigenvalue weighted by Crippen LogP contribution is 2.23. The Morgan fingerprint density at radius 3 is 2.52 bits per heavy atom. The van der Waals surface area contributed by atoms with Gasteiger partial charge in [0.25, 0.3) is 0 Å². The summed E-state index contributed by atoms with van der Waals surface area (Å²) in [7, 11) is 0. The van der Waals surface area contributed by atoms with Crippen molar-refractivity contribution in [2.75, 3.05) is 24.5 Å². The first-order chi connectivity index (χ1) is 10.9. The van der Waals surface area contributed by atoms with E-state index in [9.17, 15) is 4.79 Å². The van der Waals surface area contributed by atoms with Crippen LogP contribution in [0.2, 0.25) is 0 Å². The highest BCUT2D eigenvalue weighted by atomic mass is 16.1. The van der Waals surface area contributed by atoms with Crippen LogP contribution in [0.25, 0.3) is 0 Å². The summed E-state index contributed by atoms with van der Waals surface area (Å²) >= 11 is 0. The molecular weight excluding hydrogens is 288 g/mol. The van der Waals surface area contributed by atoms with Gasteiger partial charge in [-0.2, -0.15) is 0 Å². The number of anilines is 1. The smallest absolute Gasteiger partial charge is 0.225 e. The molecule has 1 saturated heterocycles. The first-order valence-corrected chi connectivity index (χ1v) is 8.70.